The molecule has 0 aromatic carbocycles. The summed E-state index contributed by atoms with van der Waals surface area (Å²) in [6.45, 7) is 0.706. The average Bonchev–Trinajstić information content (AvgIpc) is 3.15. The molecule has 1 aliphatic rings. The largest absolute Gasteiger partial charge is 0.461 e. The number of ketones is 2. The summed E-state index contributed by atoms with van der Waals surface area (Å²) in [4.78, 5) is 42.3. The maximum absolute atomic E-state index is 12.5. The predicted molar refractivity (Wildman–Crippen MR) is 80.9 cm³/mol. The Labute approximate surface area is 133 Å². The van der Waals surface area contributed by atoms with E-state index in [-0.39, 0.29) is 24.0 Å². The van der Waals surface area contributed by atoms with E-state index in [2.05, 4.69) is 4.98 Å². The van der Waals surface area contributed by atoms with Crippen LogP contribution in [0.1, 0.15) is 33.9 Å². The maximum atomic E-state index is 12.5. The van der Waals surface area contributed by atoms with E-state index in [1.165, 1.54) is 17.2 Å². The van der Waals surface area contributed by atoms with Crippen molar-refractivity contribution in [2.45, 2.75) is 12.8 Å². The van der Waals surface area contributed by atoms with Gasteiger partial charge in [-0.05, 0) is 37.1 Å². The minimum Gasteiger partial charge on any atom is -0.461 e. The van der Waals surface area contributed by atoms with E-state index in [1.807, 2.05) is 0 Å². The molecule has 0 saturated carbocycles. The molecule has 1 atom stereocenters. The Morgan fingerprint density at radius 2 is 2.04 bits per heavy atom. The molecule has 1 aliphatic heterocycles. The minimum atomic E-state index is -0.680. The van der Waals surface area contributed by atoms with Gasteiger partial charge in [0, 0.05) is 25.2 Å². The Morgan fingerprint density at radius 3 is 2.74 bits per heavy atom. The number of piperidine rings is 1. The number of nitrogens with zero attached hydrogens (tertiary/aromatic N) is 2. The second-order valence-electron chi connectivity index (χ2n) is 5.48. The first-order valence-electron chi connectivity index (χ1n) is 7.49. The number of pyridine rings is 1. The van der Waals surface area contributed by atoms with Gasteiger partial charge in [-0.1, -0.05) is 6.07 Å². The van der Waals surface area contributed by atoms with Crippen LogP contribution in [-0.4, -0.2) is 40.4 Å². The molecule has 0 spiro atoms. The van der Waals surface area contributed by atoms with E-state index >= 15 is 0 Å². The molecule has 3 rings (SSSR count). The van der Waals surface area contributed by atoms with Crippen molar-refractivity contribution in [3.63, 3.8) is 0 Å². The maximum Gasteiger partial charge on any atom is 0.298 e. The number of carbonyl (C=O) groups is 3. The highest BCUT2D eigenvalue weighted by molar-refractivity contribution is 6.41. The summed E-state index contributed by atoms with van der Waals surface area (Å²) in [6, 6.07) is 8.18. The van der Waals surface area contributed by atoms with Crippen molar-refractivity contribution in [2.75, 3.05) is 13.1 Å². The van der Waals surface area contributed by atoms with E-state index in [0.29, 0.717) is 25.1 Å². The summed E-state index contributed by atoms with van der Waals surface area (Å²) in [7, 11) is 0. The number of amides is 1. The third-order valence-corrected chi connectivity index (χ3v) is 3.94. The molecule has 0 bridgehead atoms. The molecule has 0 unspecified atom stereocenters. The average molecular weight is 312 g/mol. The lowest BCUT2D eigenvalue weighted by Crippen LogP contribution is -2.45. The van der Waals surface area contributed by atoms with Gasteiger partial charge in [-0.3, -0.25) is 19.4 Å². The first-order chi connectivity index (χ1) is 11.2. The van der Waals surface area contributed by atoms with E-state index in [1.54, 1.807) is 30.5 Å². The Kier molecular flexibility index (Phi) is 4.32. The Balaban J connectivity index is 1.70. The molecule has 118 valence electrons. The number of hydrogen-bond acceptors (Lipinski definition) is 5. The summed E-state index contributed by atoms with van der Waals surface area (Å²) in [5, 5.41) is 0. The first kappa shape index (κ1) is 15.1. The molecule has 1 saturated heterocycles. The van der Waals surface area contributed by atoms with Crippen LogP contribution in [0, 0.1) is 5.92 Å². The van der Waals surface area contributed by atoms with Crippen molar-refractivity contribution in [2.24, 2.45) is 5.92 Å². The topological polar surface area (TPSA) is 80.5 Å². The Hall–Kier alpha value is -2.76. The third kappa shape index (κ3) is 3.21. The van der Waals surface area contributed by atoms with Gasteiger partial charge in [0.25, 0.3) is 11.7 Å². The normalized spacial score (nSPS) is 17.7. The fourth-order valence-corrected chi connectivity index (χ4v) is 2.75. The van der Waals surface area contributed by atoms with Crippen LogP contribution < -0.4 is 0 Å². The summed E-state index contributed by atoms with van der Waals surface area (Å²) < 4.78 is 4.98. The number of carbonyl (C=O) groups excluding carboxylic acids is 3. The molecule has 0 aliphatic carbocycles. The summed E-state index contributed by atoms with van der Waals surface area (Å²) in [6.07, 6.45) is 4.29. The molecule has 6 nitrogen and oxygen atoms in total. The van der Waals surface area contributed by atoms with Crippen LogP contribution in [0.4, 0.5) is 0 Å². The molecule has 1 amide bonds. The van der Waals surface area contributed by atoms with Gasteiger partial charge in [-0.2, -0.15) is 0 Å². The third-order valence-electron chi connectivity index (χ3n) is 3.94. The smallest absolute Gasteiger partial charge is 0.298 e. The van der Waals surface area contributed by atoms with Gasteiger partial charge in [0.1, 0.15) is 5.69 Å². The quantitative estimate of drug-likeness (QED) is 0.637. The number of Topliss-reactive ketones (excluding diaryl/α,β-unsaturated/α-hetero) is 2. The van der Waals surface area contributed by atoms with Crippen LogP contribution in [-0.2, 0) is 4.79 Å². The molecule has 23 heavy (non-hydrogen) atoms. The molecule has 2 aromatic heterocycles. The molecular weight excluding hydrogens is 296 g/mol. The standard InChI is InChI=1S/C17H16N2O4/c20-15(13-6-1-2-8-18-13)12-5-3-9-19(11-12)17(22)16(21)14-7-4-10-23-14/h1-2,4,6-8,10,12H,3,5,9,11H2/t12-/m0/s1. The van der Waals surface area contributed by atoms with Gasteiger partial charge in [-0.25, -0.2) is 0 Å². The van der Waals surface area contributed by atoms with Gasteiger partial charge in [-0.15, -0.1) is 0 Å². The second kappa shape index (κ2) is 6.56. The molecule has 3 heterocycles. The fourth-order valence-electron chi connectivity index (χ4n) is 2.75. The molecule has 6 heteroatoms. The molecule has 2 aromatic rings. The van der Waals surface area contributed by atoms with Crippen molar-refractivity contribution in [1.82, 2.24) is 9.88 Å². The van der Waals surface area contributed by atoms with Gasteiger partial charge < -0.3 is 9.32 Å². The van der Waals surface area contributed by atoms with E-state index in [4.69, 9.17) is 4.42 Å². The van der Waals surface area contributed by atoms with Crippen molar-refractivity contribution < 1.29 is 18.8 Å². The zero-order chi connectivity index (χ0) is 16.2. The highest BCUT2D eigenvalue weighted by atomic mass is 16.3. The fraction of sp³-hybridized carbons (Fsp3) is 0.294. The van der Waals surface area contributed by atoms with E-state index in [0.717, 1.165) is 0 Å². The molecule has 0 N–H and O–H groups in total. The van der Waals surface area contributed by atoms with Gasteiger partial charge in [0.2, 0.25) is 0 Å². The molecule has 0 radical (unpaired) electrons. The lowest BCUT2D eigenvalue weighted by Gasteiger charge is -2.31. The highest BCUT2D eigenvalue weighted by Crippen LogP contribution is 2.21. The van der Waals surface area contributed by atoms with E-state index < -0.39 is 11.7 Å². The minimum absolute atomic E-state index is 0.0215. The zero-order valence-electron chi connectivity index (χ0n) is 12.5. The lowest BCUT2D eigenvalue weighted by molar-refractivity contribution is -0.127. The van der Waals surface area contributed by atoms with Crippen molar-refractivity contribution in [3.05, 3.63) is 54.2 Å². The first-order valence-corrected chi connectivity index (χ1v) is 7.49. The van der Waals surface area contributed by atoms with Crippen LogP contribution >= 0.6 is 0 Å². The Bertz CT molecular complexity index is 709. The molecule has 1 fully saturated rings. The number of aromatic nitrogens is 1. The van der Waals surface area contributed by atoms with Crippen LogP contribution in [0.5, 0.6) is 0 Å². The van der Waals surface area contributed by atoms with Gasteiger partial charge in [0.15, 0.2) is 11.5 Å². The van der Waals surface area contributed by atoms with Crippen molar-refractivity contribution in [3.8, 4) is 0 Å². The SMILES string of the molecule is O=C(C(=O)N1CCC[C@H](C(=O)c2ccccn2)C1)c1ccco1. The monoisotopic (exact) mass is 312 g/mol. The van der Waals surface area contributed by atoms with Gasteiger partial charge in [0.05, 0.1) is 6.26 Å². The predicted octanol–water partition coefficient (Wildman–Crippen LogP) is 1.98. The van der Waals surface area contributed by atoms with Crippen LogP contribution in [0.15, 0.2) is 47.2 Å². The number of hydrogen-bond donors (Lipinski definition) is 0. The van der Waals surface area contributed by atoms with Crippen molar-refractivity contribution >= 4 is 17.5 Å². The lowest BCUT2D eigenvalue weighted by atomic mass is 9.91. The second-order valence-corrected chi connectivity index (χ2v) is 5.48. The number of likely N-dealkylation sites (tertiary alicyclic amines) is 1. The summed E-state index contributed by atoms with van der Waals surface area (Å²) in [5.41, 5.74) is 0.393. The number of furan rings is 1. The van der Waals surface area contributed by atoms with Crippen LogP contribution in [0.2, 0.25) is 0 Å². The number of rotatable bonds is 4. The summed E-state index contributed by atoms with van der Waals surface area (Å²) >= 11 is 0. The van der Waals surface area contributed by atoms with E-state index in [9.17, 15) is 14.4 Å². The van der Waals surface area contributed by atoms with Crippen LogP contribution in [0.25, 0.3) is 0 Å². The Morgan fingerprint density at radius 1 is 1.17 bits per heavy atom. The highest BCUT2D eigenvalue weighted by Gasteiger charge is 2.33. The van der Waals surface area contributed by atoms with Crippen LogP contribution in [0.3, 0.4) is 0 Å². The van der Waals surface area contributed by atoms with Crippen molar-refractivity contribution in [1.29, 1.82) is 0 Å². The van der Waals surface area contributed by atoms with Gasteiger partial charge >= 0.3 is 0 Å². The summed E-state index contributed by atoms with van der Waals surface area (Å²) in [5.74, 6) is -1.70. The molecular formula is C17H16N2O4. The zero-order valence-corrected chi connectivity index (χ0v) is 12.5.